The zero-order valence-corrected chi connectivity index (χ0v) is 20.1. The van der Waals surface area contributed by atoms with Crippen molar-refractivity contribution in [3.63, 3.8) is 0 Å². The number of ketones is 5. The zero-order chi connectivity index (χ0) is 27.7. The highest BCUT2D eigenvalue weighted by Crippen LogP contribution is 2.54. The van der Waals surface area contributed by atoms with Gasteiger partial charge in [0.15, 0.2) is 40.4 Å². The van der Waals surface area contributed by atoms with Crippen LogP contribution >= 0.6 is 0 Å². The Balaban J connectivity index is 1.72. The van der Waals surface area contributed by atoms with Crippen molar-refractivity contribution < 1.29 is 44.1 Å². The van der Waals surface area contributed by atoms with Crippen LogP contribution in [0, 0.1) is 23.7 Å². The van der Waals surface area contributed by atoms with Crippen molar-refractivity contribution in [2.24, 2.45) is 29.4 Å². The number of nitrogens with two attached hydrogens (primary N) is 1. The van der Waals surface area contributed by atoms with Crippen molar-refractivity contribution in [3.05, 3.63) is 64.7 Å². The molecule has 38 heavy (non-hydrogen) atoms. The Labute approximate surface area is 215 Å². The van der Waals surface area contributed by atoms with Crippen molar-refractivity contribution >= 4 is 46.5 Å². The Morgan fingerprint density at radius 2 is 1.68 bits per heavy atom. The molecule has 10 nitrogen and oxygen atoms in total. The molecule has 1 amide bonds. The lowest BCUT2D eigenvalue weighted by atomic mass is 9.51. The van der Waals surface area contributed by atoms with Crippen molar-refractivity contribution in [1.82, 2.24) is 0 Å². The molecule has 194 valence electrons. The molecular weight excluding hydrogens is 494 g/mol. The molecule has 5 rings (SSSR count). The molecule has 3 aliphatic rings. The SMILES string of the molecule is CC(=O)c1ccc(/C=C2\c3cccc(O)c3C(=O)C3C(=O)C4(O)C(=O)C(C(N)=O)C(=O)CC4C(O)C23)cc1. The van der Waals surface area contributed by atoms with Gasteiger partial charge in [-0.2, -0.15) is 0 Å². The first kappa shape index (κ1) is 25.4. The van der Waals surface area contributed by atoms with Gasteiger partial charge in [-0.05, 0) is 29.7 Å². The van der Waals surface area contributed by atoms with E-state index in [-0.39, 0.29) is 22.5 Å². The van der Waals surface area contributed by atoms with Crippen LogP contribution in [0.15, 0.2) is 42.5 Å². The van der Waals surface area contributed by atoms with Crippen LogP contribution in [0.3, 0.4) is 0 Å². The highest BCUT2D eigenvalue weighted by molar-refractivity contribution is 6.32. The number of aliphatic hydroxyl groups excluding tert-OH is 1. The van der Waals surface area contributed by atoms with Crippen LogP contribution in [0.4, 0.5) is 0 Å². The molecule has 2 saturated carbocycles. The number of amides is 1. The number of aliphatic hydroxyl groups is 2. The number of carbonyl (C=O) groups excluding carboxylic acids is 6. The molecule has 0 spiro atoms. The van der Waals surface area contributed by atoms with Gasteiger partial charge in [-0.1, -0.05) is 42.5 Å². The van der Waals surface area contributed by atoms with Crippen LogP contribution in [0.1, 0.15) is 45.2 Å². The van der Waals surface area contributed by atoms with Gasteiger partial charge in [0.1, 0.15) is 5.75 Å². The van der Waals surface area contributed by atoms with E-state index < -0.39 is 76.6 Å². The maximum atomic E-state index is 13.8. The topological polar surface area (TPSA) is 189 Å². The third-order valence-corrected chi connectivity index (χ3v) is 7.88. The summed E-state index contributed by atoms with van der Waals surface area (Å²) < 4.78 is 0. The summed E-state index contributed by atoms with van der Waals surface area (Å²) in [6.45, 7) is 1.41. The molecule has 6 unspecified atom stereocenters. The lowest BCUT2D eigenvalue weighted by molar-refractivity contribution is -0.185. The van der Waals surface area contributed by atoms with Gasteiger partial charge in [-0.3, -0.25) is 28.8 Å². The number of carbonyl (C=O) groups is 6. The van der Waals surface area contributed by atoms with Crippen LogP contribution in [-0.2, 0) is 19.2 Å². The second kappa shape index (κ2) is 8.64. The first-order chi connectivity index (χ1) is 17.9. The normalized spacial score (nSPS) is 31.4. The second-order valence-corrected chi connectivity index (χ2v) is 9.94. The molecule has 2 aromatic carbocycles. The monoisotopic (exact) mass is 517 g/mol. The number of hydrogen-bond acceptors (Lipinski definition) is 9. The Morgan fingerprint density at radius 3 is 2.29 bits per heavy atom. The predicted molar refractivity (Wildman–Crippen MR) is 131 cm³/mol. The van der Waals surface area contributed by atoms with Crippen LogP contribution < -0.4 is 5.73 Å². The Morgan fingerprint density at radius 1 is 1.03 bits per heavy atom. The highest BCUT2D eigenvalue weighted by atomic mass is 16.3. The molecule has 10 heteroatoms. The van der Waals surface area contributed by atoms with E-state index in [0.29, 0.717) is 11.1 Å². The number of phenolic OH excluding ortho intramolecular Hbond substituents is 1. The summed E-state index contributed by atoms with van der Waals surface area (Å²) >= 11 is 0. The molecule has 5 N–H and O–H groups in total. The number of benzene rings is 2. The van der Waals surface area contributed by atoms with Gasteiger partial charge in [-0.15, -0.1) is 0 Å². The van der Waals surface area contributed by atoms with Crippen LogP contribution in [-0.4, -0.2) is 61.8 Å². The molecule has 3 aliphatic carbocycles. The minimum Gasteiger partial charge on any atom is -0.507 e. The van der Waals surface area contributed by atoms with E-state index >= 15 is 0 Å². The zero-order valence-electron chi connectivity index (χ0n) is 20.1. The number of primary amides is 1. The Bertz CT molecular complexity index is 1490. The number of rotatable bonds is 3. The quantitative estimate of drug-likeness (QED) is 0.332. The molecular formula is C28H23NO9. The smallest absolute Gasteiger partial charge is 0.235 e. The third-order valence-electron chi connectivity index (χ3n) is 7.88. The van der Waals surface area contributed by atoms with Gasteiger partial charge in [-0.25, -0.2) is 0 Å². The maximum absolute atomic E-state index is 13.8. The largest absolute Gasteiger partial charge is 0.507 e. The van der Waals surface area contributed by atoms with Gasteiger partial charge in [0.05, 0.1) is 17.6 Å². The van der Waals surface area contributed by atoms with Crippen LogP contribution in [0.25, 0.3) is 11.6 Å². The van der Waals surface area contributed by atoms with E-state index in [2.05, 4.69) is 0 Å². The molecule has 0 saturated heterocycles. The molecule has 0 aromatic heterocycles. The fourth-order valence-corrected chi connectivity index (χ4v) is 6.03. The first-order valence-electron chi connectivity index (χ1n) is 11.9. The van der Waals surface area contributed by atoms with Crippen molar-refractivity contribution in [2.45, 2.75) is 25.0 Å². The van der Waals surface area contributed by atoms with E-state index in [1.807, 2.05) is 0 Å². The molecule has 2 aromatic rings. The number of fused-ring (bicyclic) bond motifs is 3. The third kappa shape index (κ3) is 3.41. The minimum atomic E-state index is -3.00. The first-order valence-corrected chi connectivity index (χ1v) is 11.9. The van der Waals surface area contributed by atoms with E-state index in [1.165, 1.54) is 25.1 Å². The van der Waals surface area contributed by atoms with Crippen molar-refractivity contribution in [1.29, 1.82) is 0 Å². The minimum absolute atomic E-state index is 0.156. The molecule has 0 bridgehead atoms. The molecule has 0 radical (unpaired) electrons. The standard InChI is InChI=1S/C28H23NO9/c1-11(30)13-7-5-12(6-8-13)9-15-14-3-2-4-17(31)19(14)24(34)22-20(15)23(33)16-10-18(32)21(27(29)37)25(35)28(16,38)26(22)36/h2-9,16,20-23,31,33,38H,10H2,1H3,(H2,29,37)/b15-9+. The summed E-state index contributed by atoms with van der Waals surface area (Å²) in [5, 5.41) is 33.4. The second-order valence-electron chi connectivity index (χ2n) is 9.94. The fourth-order valence-electron chi connectivity index (χ4n) is 6.03. The van der Waals surface area contributed by atoms with Crippen molar-refractivity contribution in [2.75, 3.05) is 0 Å². The van der Waals surface area contributed by atoms with Gasteiger partial charge < -0.3 is 21.1 Å². The summed E-state index contributed by atoms with van der Waals surface area (Å²) in [6.07, 6.45) is -0.842. The van der Waals surface area contributed by atoms with Crippen LogP contribution in [0.5, 0.6) is 5.75 Å². The van der Waals surface area contributed by atoms with Crippen LogP contribution in [0.2, 0.25) is 0 Å². The molecule has 2 fully saturated rings. The summed E-state index contributed by atoms with van der Waals surface area (Å²) in [5.74, 6) is -13.3. The van der Waals surface area contributed by atoms with Gasteiger partial charge in [0, 0.05) is 23.8 Å². The van der Waals surface area contributed by atoms with E-state index in [4.69, 9.17) is 5.73 Å². The van der Waals surface area contributed by atoms with E-state index in [0.717, 1.165) is 0 Å². The number of hydrogen-bond donors (Lipinski definition) is 4. The summed E-state index contributed by atoms with van der Waals surface area (Å²) in [4.78, 5) is 76.7. The van der Waals surface area contributed by atoms with Gasteiger partial charge in [0.2, 0.25) is 5.91 Å². The summed E-state index contributed by atoms with van der Waals surface area (Å²) in [7, 11) is 0. The predicted octanol–water partition coefficient (Wildman–Crippen LogP) is 0.498. The number of Topliss-reactive ketones (excluding diaryl/α,β-unsaturated/α-hetero) is 5. The van der Waals surface area contributed by atoms with Crippen molar-refractivity contribution in [3.8, 4) is 5.75 Å². The van der Waals surface area contributed by atoms with Gasteiger partial charge >= 0.3 is 0 Å². The van der Waals surface area contributed by atoms with E-state index in [1.54, 1.807) is 30.3 Å². The number of aromatic hydroxyl groups is 1. The van der Waals surface area contributed by atoms with Gasteiger partial charge in [0.25, 0.3) is 0 Å². The molecule has 0 heterocycles. The Kier molecular flexibility index (Phi) is 5.77. The van der Waals surface area contributed by atoms with E-state index in [9.17, 15) is 44.1 Å². The molecule has 0 aliphatic heterocycles. The average Bonchev–Trinajstić information content (AvgIpc) is 2.86. The highest BCUT2D eigenvalue weighted by Gasteiger charge is 2.69. The summed E-state index contributed by atoms with van der Waals surface area (Å²) in [6, 6.07) is 10.6. The lowest BCUT2D eigenvalue weighted by Crippen LogP contribution is -2.72. The molecule has 6 atom stereocenters. The average molecular weight is 517 g/mol. The lowest BCUT2D eigenvalue weighted by Gasteiger charge is -2.51. The maximum Gasteiger partial charge on any atom is 0.235 e. The Hall–Kier alpha value is -4.28. The fraction of sp³-hybridized carbons (Fsp3) is 0.286. The number of phenols is 1. The summed E-state index contributed by atoms with van der Waals surface area (Å²) in [5.41, 5.74) is 3.44.